The van der Waals surface area contributed by atoms with Crippen molar-refractivity contribution in [2.75, 3.05) is 0 Å². The lowest BCUT2D eigenvalue weighted by atomic mass is 9.54. The number of halogens is 1. The summed E-state index contributed by atoms with van der Waals surface area (Å²) in [6.07, 6.45) is 4.16. The van der Waals surface area contributed by atoms with Crippen molar-refractivity contribution in [3.05, 3.63) is 12.2 Å². The lowest BCUT2D eigenvalue weighted by molar-refractivity contribution is -0.0110. The Morgan fingerprint density at radius 1 is 1.17 bits per heavy atom. The second-order valence-corrected chi connectivity index (χ2v) is 4.89. The van der Waals surface area contributed by atoms with E-state index in [1.807, 2.05) is 0 Å². The summed E-state index contributed by atoms with van der Waals surface area (Å²) >= 11 is 0. The van der Waals surface area contributed by atoms with Gasteiger partial charge in [0, 0.05) is 5.92 Å². The van der Waals surface area contributed by atoms with E-state index in [1.54, 1.807) is 0 Å². The van der Waals surface area contributed by atoms with Gasteiger partial charge in [-0.1, -0.05) is 12.2 Å². The van der Waals surface area contributed by atoms with Gasteiger partial charge in [-0.15, -0.1) is 0 Å². The van der Waals surface area contributed by atoms with Crippen LogP contribution < -0.4 is 0 Å². The molecule has 1 heteroatoms. The first-order valence-electron chi connectivity index (χ1n) is 5.08. The monoisotopic (exact) mass is 166 g/mol. The third-order valence-corrected chi connectivity index (χ3v) is 4.26. The maximum atomic E-state index is 13.7. The highest BCUT2D eigenvalue weighted by Crippen LogP contribution is 2.56. The van der Waals surface area contributed by atoms with Crippen LogP contribution in [0.3, 0.4) is 0 Å². The summed E-state index contributed by atoms with van der Waals surface area (Å²) in [5.74, 6) is 2.19. The minimum absolute atomic E-state index is 0.251. The maximum Gasteiger partial charge on any atom is 0.109 e. The highest BCUT2D eigenvalue weighted by molar-refractivity contribution is 5.19. The topological polar surface area (TPSA) is 0 Å². The summed E-state index contributed by atoms with van der Waals surface area (Å²) in [6.45, 7) is 4.06. The average molecular weight is 166 g/mol. The molecule has 0 aromatic carbocycles. The summed E-state index contributed by atoms with van der Waals surface area (Å²) in [6, 6.07) is 0. The van der Waals surface area contributed by atoms with E-state index in [9.17, 15) is 4.39 Å². The molecule has 0 nitrogen and oxygen atoms in total. The Kier molecular flexibility index (Phi) is 1.26. The lowest BCUT2D eigenvalue weighted by Crippen LogP contribution is -2.47. The van der Waals surface area contributed by atoms with Crippen molar-refractivity contribution in [3.63, 3.8) is 0 Å². The minimum Gasteiger partial charge on any atom is -0.247 e. The van der Waals surface area contributed by atoms with Crippen molar-refractivity contribution in [3.8, 4) is 0 Å². The summed E-state index contributed by atoms with van der Waals surface area (Å²) in [5, 5.41) is 0. The molecule has 4 fully saturated rings. The van der Waals surface area contributed by atoms with Crippen molar-refractivity contribution >= 4 is 0 Å². The van der Waals surface area contributed by atoms with Crippen LogP contribution in [0.2, 0.25) is 0 Å². The molecule has 0 heterocycles. The highest BCUT2D eigenvalue weighted by Gasteiger charge is 2.50. The first kappa shape index (κ1) is 7.11. The molecule has 4 aliphatic carbocycles. The highest BCUT2D eigenvalue weighted by atomic mass is 19.1. The summed E-state index contributed by atoms with van der Waals surface area (Å²) < 4.78 is 13.7. The zero-order chi connectivity index (χ0) is 8.29. The smallest absolute Gasteiger partial charge is 0.109 e. The molecule has 4 unspecified atom stereocenters. The Labute approximate surface area is 72.8 Å². The molecule has 0 aliphatic heterocycles. The summed E-state index contributed by atoms with van der Waals surface area (Å²) in [5.41, 5.74) is 1.25. The Morgan fingerprint density at radius 2 is 2.00 bits per heavy atom. The van der Waals surface area contributed by atoms with Gasteiger partial charge >= 0.3 is 0 Å². The molecule has 0 spiro atoms. The fraction of sp³-hybridized carbons (Fsp3) is 0.818. The third-order valence-electron chi connectivity index (χ3n) is 4.26. The zero-order valence-corrected chi connectivity index (χ0v) is 7.30. The first-order valence-corrected chi connectivity index (χ1v) is 5.08. The van der Waals surface area contributed by atoms with E-state index in [0.29, 0.717) is 11.8 Å². The molecule has 0 aromatic rings. The second-order valence-electron chi connectivity index (χ2n) is 4.89. The minimum atomic E-state index is -0.537. The molecule has 0 N–H and O–H groups in total. The number of alkyl halides is 1. The van der Waals surface area contributed by atoms with Gasteiger partial charge < -0.3 is 0 Å². The maximum absolute atomic E-state index is 13.7. The van der Waals surface area contributed by atoms with Gasteiger partial charge in [0.25, 0.3) is 0 Å². The Balaban J connectivity index is 1.98. The Hall–Kier alpha value is -0.330. The Morgan fingerprint density at radius 3 is 2.83 bits per heavy atom. The van der Waals surface area contributed by atoms with Gasteiger partial charge in [-0.25, -0.2) is 4.39 Å². The summed E-state index contributed by atoms with van der Waals surface area (Å²) in [4.78, 5) is 0. The van der Waals surface area contributed by atoms with Crippen LogP contribution in [0.25, 0.3) is 0 Å². The van der Waals surface area contributed by atoms with Crippen molar-refractivity contribution in [2.24, 2.45) is 23.7 Å². The molecular weight excluding hydrogens is 151 g/mol. The molecular formula is C11H15F. The van der Waals surface area contributed by atoms with Crippen molar-refractivity contribution in [1.82, 2.24) is 0 Å². The molecule has 0 radical (unpaired) electrons. The van der Waals surface area contributed by atoms with Crippen LogP contribution in [0.1, 0.15) is 25.7 Å². The van der Waals surface area contributed by atoms with Crippen LogP contribution >= 0.6 is 0 Å². The second kappa shape index (κ2) is 2.12. The number of hydrogen-bond acceptors (Lipinski definition) is 0. The molecule has 5 atom stereocenters. The summed E-state index contributed by atoms with van der Waals surface area (Å²) in [7, 11) is 0. The van der Waals surface area contributed by atoms with Gasteiger partial charge in [-0.05, 0) is 43.4 Å². The first-order chi connectivity index (χ1) is 5.75. The molecule has 4 saturated carbocycles. The van der Waals surface area contributed by atoms with Gasteiger partial charge in [-0.2, -0.15) is 0 Å². The molecule has 4 rings (SSSR count). The molecule has 4 aliphatic rings. The van der Waals surface area contributed by atoms with Crippen LogP contribution in [0, 0.1) is 23.7 Å². The van der Waals surface area contributed by atoms with E-state index >= 15 is 0 Å². The van der Waals surface area contributed by atoms with Gasteiger partial charge in [0.05, 0.1) is 0 Å². The third kappa shape index (κ3) is 0.725. The van der Waals surface area contributed by atoms with Crippen LogP contribution in [0.4, 0.5) is 4.39 Å². The standard InChI is InChI=1S/C11H15F/c1-6-8-2-7-3-9(5-8)11(12)10(6)4-7/h7-11H,1-5H2/t7?,8?,9?,10?,11-/m1/s1. The average Bonchev–Trinajstić information content (AvgIpc) is 2.07. The van der Waals surface area contributed by atoms with Gasteiger partial charge in [0.2, 0.25) is 0 Å². The fourth-order valence-corrected chi connectivity index (χ4v) is 3.72. The number of rotatable bonds is 0. The molecule has 0 saturated heterocycles. The molecule has 0 aromatic heterocycles. The lowest BCUT2D eigenvalue weighted by Gasteiger charge is -2.52. The van der Waals surface area contributed by atoms with Crippen molar-refractivity contribution < 1.29 is 4.39 Å². The van der Waals surface area contributed by atoms with E-state index in [1.165, 1.54) is 18.4 Å². The van der Waals surface area contributed by atoms with Crippen LogP contribution in [0.15, 0.2) is 12.2 Å². The predicted octanol–water partition coefficient (Wildman–Crippen LogP) is 2.95. The zero-order valence-electron chi connectivity index (χ0n) is 7.30. The number of allylic oxidation sites excluding steroid dienone is 1. The van der Waals surface area contributed by atoms with Gasteiger partial charge in [0.1, 0.15) is 6.17 Å². The normalized spacial score (nSPS) is 56.4. The van der Waals surface area contributed by atoms with E-state index < -0.39 is 6.17 Å². The quantitative estimate of drug-likeness (QED) is 0.485. The number of hydrogen-bond donors (Lipinski definition) is 0. The SMILES string of the molecule is C=C1C2CC3CC(C2)[C@@H](F)C1C3. The van der Waals surface area contributed by atoms with Gasteiger partial charge in [0.15, 0.2) is 0 Å². The van der Waals surface area contributed by atoms with Crippen molar-refractivity contribution in [2.45, 2.75) is 31.9 Å². The van der Waals surface area contributed by atoms with Crippen LogP contribution in [-0.4, -0.2) is 6.17 Å². The van der Waals surface area contributed by atoms with Crippen molar-refractivity contribution in [1.29, 1.82) is 0 Å². The van der Waals surface area contributed by atoms with Gasteiger partial charge in [-0.3, -0.25) is 0 Å². The molecule has 66 valence electrons. The molecule has 0 amide bonds. The van der Waals surface area contributed by atoms with E-state index in [4.69, 9.17) is 0 Å². The molecule has 4 bridgehead atoms. The Bertz CT molecular complexity index is 233. The van der Waals surface area contributed by atoms with E-state index in [-0.39, 0.29) is 5.92 Å². The molecule has 12 heavy (non-hydrogen) atoms. The predicted molar refractivity (Wildman–Crippen MR) is 46.5 cm³/mol. The largest absolute Gasteiger partial charge is 0.247 e. The van der Waals surface area contributed by atoms with E-state index in [2.05, 4.69) is 6.58 Å². The fourth-order valence-electron chi connectivity index (χ4n) is 3.72. The van der Waals surface area contributed by atoms with Crippen LogP contribution in [-0.2, 0) is 0 Å². The van der Waals surface area contributed by atoms with Crippen LogP contribution in [0.5, 0.6) is 0 Å². The van der Waals surface area contributed by atoms with E-state index in [0.717, 1.165) is 18.8 Å².